The van der Waals surface area contributed by atoms with Crippen molar-refractivity contribution in [2.75, 3.05) is 30.8 Å². The van der Waals surface area contributed by atoms with Crippen molar-refractivity contribution >= 4 is 11.5 Å². The summed E-state index contributed by atoms with van der Waals surface area (Å²) in [5.41, 5.74) is 6.19. The van der Waals surface area contributed by atoms with Gasteiger partial charge in [-0.1, -0.05) is 6.08 Å². The number of nitrogens with zero attached hydrogens (tertiary/aromatic N) is 2. The molecule has 90 valence electrons. The van der Waals surface area contributed by atoms with E-state index in [1.54, 1.807) is 12.1 Å². The molecule has 0 aliphatic carbocycles. The highest BCUT2D eigenvalue weighted by Gasteiger charge is 2.01. The fourth-order valence-electron chi connectivity index (χ4n) is 1.18. The molecule has 0 fully saturated rings. The molecule has 0 bridgehead atoms. The summed E-state index contributed by atoms with van der Waals surface area (Å²) in [5.74, 6) is 0.628. The molecule has 5 heteroatoms. The van der Waals surface area contributed by atoms with Crippen molar-refractivity contribution < 1.29 is 4.74 Å². The number of anilines is 2. The fourth-order valence-corrected chi connectivity index (χ4v) is 1.18. The van der Waals surface area contributed by atoms with Crippen LogP contribution in [-0.2, 0) is 4.74 Å². The number of aromatic nitrogens is 1. The minimum absolute atomic E-state index is 0.238. The lowest BCUT2D eigenvalue weighted by Gasteiger charge is -2.07. The van der Waals surface area contributed by atoms with Crippen molar-refractivity contribution in [3.63, 3.8) is 0 Å². The van der Waals surface area contributed by atoms with Crippen LogP contribution in [0.4, 0.5) is 11.5 Å². The van der Waals surface area contributed by atoms with Gasteiger partial charge >= 0.3 is 0 Å². The monoisotopic (exact) mass is 232 g/mol. The maximum Gasteiger partial charge on any atom is 0.165 e. The van der Waals surface area contributed by atoms with E-state index in [4.69, 9.17) is 15.7 Å². The maximum absolute atomic E-state index is 8.76. The van der Waals surface area contributed by atoms with E-state index in [9.17, 15) is 0 Å². The minimum Gasteiger partial charge on any atom is -0.396 e. The maximum atomic E-state index is 8.76. The molecule has 0 aromatic carbocycles. The molecule has 1 aromatic rings. The summed E-state index contributed by atoms with van der Waals surface area (Å²) in [4.78, 5) is 4.06. The molecule has 0 spiro atoms. The van der Waals surface area contributed by atoms with E-state index < -0.39 is 0 Å². The van der Waals surface area contributed by atoms with Crippen molar-refractivity contribution in [3.8, 4) is 6.07 Å². The first kappa shape index (κ1) is 13.0. The number of pyridine rings is 1. The van der Waals surface area contributed by atoms with E-state index in [-0.39, 0.29) is 5.69 Å². The van der Waals surface area contributed by atoms with Crippen LogP contribution in [0.15, 0.2) is 24.8 Å². The second-order valence-electron chi connectivity index (χ2n) is 3.36. The summed E-state index contributed by atoms with van der Waals surface area (Å²) < 4.78 is 5.32. The number of nitrogen functional groups attached to an aromatic ring is 1. The van der Waals surface area contributed by atoms with Crippen LogP contribution in [0.1, 0.15) is 12.1 Å². The lowest BCUT2D eigenvalue weighted by Crippen LogP contribution is -2.11. The Morgan fingerprint density at radius 3 is 3.06 bits per heavy atom. The van der Waals surface area contributed by atoms with E-state index in [1.165, 1.54) is 0 Å². The molecule has 0 aliphatic heterocycles. The Hall–Kier alpha value is -2.06. The minimum atomic E-state index is 0.238. The van der Waals surface area contributed by atoms with Crippen LogP contribution in [-0.4, -0.2) is 24.7 Å². The van der Waals surface area contributed by atoms with Gasteiger partial charge in [0.1, 0.15) is 11.9 Å². The summed E-state index contributed by atoms with van der Waals surface area (Å²) in [7, 11) is 0. The van der Waals surface area contributed by atoms with Crippen molar-refractivity contribution in [2.24, 2.45) is 0 Å². The molecule has 0 amide bonds. The summed E-state index contributed by atoms with van der Waals surface area (Å²) in [6.07, 6.45) is 2.66. The number of hydrogen-bond donors (Lipinski definition) is 2. The largest absolute Gasteiger partial charge is 0.396 e. The van der Waals surface area contributed by atoms with E-state index in [0.717, 1.165) is 6.42 Å². The Labute approximate surface area is 101 Å². The number of nitrogens with two attached hydrogens (primary N) is 1. The van der Waals surface area contributed by atoms with Gasteiger partial charge in [0, 0.05) is 6.54 Å². The molecule has 1 heterocycles. The van der Waals surface area contributed by atoms with Crippen molar-refractivity contribution in [1.29, 1.82) is 5.26 Å². The van der Waals surface area contributed by atoms with Gasteiger partial charge in [0.25, 0.3) is 0 Å². The van der Waals surface area contributed by atoms with Gasteiger partial charge in [-0.25, -0.2) is 4.98 Å². The summed E-state index contributed by atoms with van der Waals surface area (Å²) in [5, 5.41) is 11.8. The van der Waals surface area contributed by atoms with E-state index >= 15 is 0 Å². The molecule has 0 radical (unpaired) electrons. The van der Waals surface area contributed by atoms with Crippen LogP contribution in [0, 0.1) is 11.3 Å². The second kappa shape index (κ2) is 7.25. The topological polar surface area (TPSA) is 84.0 Å². The average Bonchev–Trinajstić information content (AvgIpc) is 2.35. The first-order chi connectivity index (χ1) is 8.27. The molecule has 5 nitrogen and oxygen atoms in total. The third-order valence-electron chi connectivity index (χ3n) is 2.05. The number of rotatable bonds is 7. The van der Waals surface area contributed by atoms with Gasteiger partial charge < -0.3 is 15.8 Å². The first-order valence-electron chi connectivity index (χ1n) is 5.37. The average molecular weight is 232 g/mol. The lowest BCUT2D eigenvalue weighted by molar-refractivity contribution is 0.149. The summed E-state index contributed by atoms with van der Waals surface area (Å²) >= 11 is 0. The molecule has 0 saturated heterocycles. The predicted molar refractivity (Wildman–Crippen MR) is 67.5 cm³/mol. The Balaban J connectivity index is 2.32. The zero-order valence-corrected chi connectivity index (χ0v) is 9.65. The Morgan fingerprint density at radius 2 is 2.35 bits per heavy atom. The highest BCUT2D eigenvalue weighted by atomic mass is 16.5. The van der Waals surface area contributed by atoms with Gasteiger partial charge in [0.2, 0.25) is 0 Å². The second-order valence-corrected chi connectivity index (χ2v) is 3.36. The quantitative estimate of drug-likeness (QED) is 0.550. The molecule has 0 aliphatic rings. The summed E-state index contributed by atoms with van der Waals surface area (Å²) in [6, 6.07) is 5.33. The van der Waals surface area contributed by atoms with Crippen LogP contribution in [0.3, 0.4) is 0 Å². The van der Waals surface area contributed by atoms with Crippen LogP contribution in [0.5, 0.6) is 0 Å². The van der Waals surface area contributed by atoms with Gasteiger partial charge in [0.05, 0.1) is 18.9 Å². The molecule has 17 heavy (non-hydrogen) atoms. The zero-order valence-electron chi connectivity index (χ0n) is 9.65. The van der Waals surface area contributed by atoms with Crippen LogP contribution >= 0.6 is 0 Å². The molecule has 0 atom stereocenters. The van der Waals surface area contributed by atoms with Crippen LogP contribution in [0.2, 0.25) is 0 Å². The van der Waals surface area contributed by atoms with E-state index in [2.05, 4.69) is 16.9 Å². The van der Waals surface area contributed by atoms with Crippen LogP contribution < -0.4 is 11.1 Å². The van der Waals surface area contributed by atoms with E-state index in [1.807, 2.05) is 12.1 Å². The highest BCUT2D eigenvalue weighted by molar-refractivity contribution is 5.54. The molecule has 0 unspecified atom stereocenters. The Morgan fingerprint density at radius 1 is 1.53 bits per heavy atom. The van der Waals surface area contributed by atoms with Crippen molar-refractivity contribution in [2.45, 2.75) is 6.42 Å². The molecule has 0 saturated carbocycles. The predicted octanol–water partition coefficient (Wildman–Crippen LogP) is 1.54. The Kier molecular flexibility index (Phi) is 5.55. The number of hydrogen-bond acceptors (Lipinski definition) is 5. The molecule has 1 rings (SSSR count). The van der Waals surface area contributed by atoms with Gasteiger partial charge in [0.15, 0.2) is 5.69 Å². The van der Waals surface area contributed by atoms with E-state index in [0.29, 0.717) is 31.3 Å². The molecular formula is C12H16N4O. The number of nitriles is 1. The van der Waals surface area contributed by atoms with Gasteiger partial charge in [-0.15, -0.1) is 6.58 Å². The lowest BCUT2D eigenvalue weighted by atomic mass is 10.3. The molecule has 3 N–H and O–H groups in total. The molecule has 1 aromatic heterocycles. The van der Waals surface area contributed by atoms with Gasteiger partial charge in [-0.2, -0.15) is 5.26 Å². The Bertz CT molecular complexity index is 411. The third kappa shape index (κ3) is 4.53. The first-order valence-corrected chi connectivity index (χ1v) is 5.37. The van der Waals surface area contributed by atoms with Crippen molar-refractivity contribution in [1.82, 2.24) is 4.98 Å². The highest BCUT2D eigenvalue weighted by Crippen LogP contribution is 2.11. The zero-order chi connectivity index (χ0) is 12.5. The molecular weight excluding hydrogens is 216 g/mol. The fraction of sp³-hybridized carbons (Fsp3) is 0.333. The SMILES string of the molecule is C=CCCOCCNc1ccc(N)c(C#N)n1. The standard InChI is InChI=1S/C12H16N4O/c1-2-3-7-17-8-6-15-12-5-4-10(14)11(9-13)16-12/h2,4-5H,1,3,6-8,14H2,(H,15,16). The van der Waals surface area contributed by atoms with Gasteiger partial charge in [-0.3, -0.25) is 0 Å². The van der Waals surface area contributed by atoms with Crippen molar-refractivity contribution in [3.05, 3.63) is 30.5 Å². The number of ether oxygens (including phenoxy) is 1. The normalized spacial score (nSPS) is 9.59. The third-order valence-corrected chi connectivity index (χ3v) is 2.05. The van der Waals surface area contributed by atoms with Crippen LogP contribution in [0.25, 0.3) is 0 Å². The smallest absolute Gasteiger partial charge is 0.165 e. The van der Waals surface area contributed by atoms with Gasteiger partial charge in [-0.05, 0) is 18.6 Å². The number of nitrogens with one attached hydrogen (secondary N) is 1. The summed E-state index contributed by atoms with van der Waals surface area (Å²) in [6.45, 7) is 5.50.